The van der Waals surface area contributed by atoms with E-state index in [4.69, 9.17) is 23.2 Å². The summed E-state index contributed by atoms with van der Waals surface area (Å²) < 4.78 is 0. The van der Waals surface area contributed by atoms with E-state index in [1.54, 1.807) is 0 Å². The van der Waals surface area contributed by atoms with Gasteiger partial charge in [0.1, 0.15) is 0 Å². The Bertz CT molecular complexity index is 702. The summed E-state index contributed by atoms with van der Waals surface area (Å²) in [5.74, 6) is 0. The first-order chi connectivity index (χ1) is 13.4. The molecule has 0 nitrogen and oxygen atoms in total. The quantitative estimate of drug-likeness (QED) is 0.236. The molecular formula is C24H23Cl2NiP. The molecule has 0 unspecified atom stereocenters. The van der Waals surface area contributed by atoms with E-state index in [0.717, 1.165) is 6.42 Å². The minimum absolute atomic E-state index is 0. The molecule has 0 amide bonds. The van der Waals surface area contributed by atoms with Crippen LogP contribution in [0.3, 0.4) is 0 Å². The van der Waals surface area contributed by atoms with Crippen LogP contribution in [-0.2, 0) is 16.5 Å². The van der Waals surface area contributed by atoms with E-state index < -0.39 is 7.92 Å². The topological polar surface area (TPSA) is 0 Å². The van der Waals surface area contributed by atoms with Crippen LogP contribution < -0.4 is 15.9 Å². The molecule has 0 atom stereocenters. The predicted octanol–water partition coefficient (Wildman–Crippen LogP) is 6.37. The molecule has 0 saturated heterocycles. The molecule has 1 aliphatic carbocycles. The summed E-state index contributed by atoms with van der Waals surface area (Å²) in [6.07, 6.45) is 9.50. The number of hydrogen-bond acceptors (Lipinski definition) is 0. The Morgan fingerprint density at radius 2 is 0.857 bits per heavy atom. The van der Waals surface area contributed by atoms with Crippen LogP contribution in [0.5, 0.6) is 0 Å². The van der Waals surface area contributed by atoms with Crippen LogP contribution in [0, 0.1) is 0 Å². The first-order valence-corrected chi connectivity index (χ1v) is 11.2. The van der Waals surface area contributed by atoms with Crippen LogP contribution in [0.2, 0.25) is 0 Å². The van der Waals surface area contributed by atoms with Crippen LogP contribution in [0.25, 0.3) is 0 Å². The van der Waals surface area contributed by atoms with Gasteiger partial charge in [-0.25, -0.2) is 0 Å². The van der Waals surface area contributed by atoms with Crippen molar-refractivity contribution in [1.82, 2.24) is 0 Å². The van der Waals surface area contributed by atoms with Gasteiger partial charge in [-0.05, 0) is 30.3 Å². The Morgan fingerprint density at radius 3 is 1.07 bits per heavy atom. The molecule has 0 N–H and O–H groups in total. The molecule has 3 aromatic rings. The molecule has 4 heteroatoms. The predicted molar refractivity (Wildman–Crippen MR) is 125 cm³/mol. The standard InChI is InChI=1S/C18H15P.C5H6.CH2Cl2.Ni/c1-4-10-16(11-5-1)19(17-12-6-2-7-13-17)18-14-8-3-9-15-18;1-2-4-5-3-1;2-1-3;/h1-15H;1-4H,5H2;1H2;. The van der Waals surface area contributed by atoms with Crippen LogP contribution in [0.4, 0.5) is 0 Å². The monoisotopic (exact) mass is 470 g/mol. The number of alkyl halides is 2. The maximum Gasteiger partial charge on any atom is 0.0967 e. The van der Waals surface area contributed by atoms with Crippen molar-refractivity contribution in [2.45, 2.75) is 6.42 Å². The van der Waals surface area contributed by atoms with Crippen molar-refractivity contribution < 1.29 is 16.5 Å². The van der Waals surface area contributed by atoms with Gasteiger partial charge in [0.25, 0.3) is 0 Å². The Hall–Kier alpha value is -1.36. The van der Waals surface area contributed by atoms with Gasteiger partial charge in [-0.2, -0.15) is 0 Å². The zero-order chi connectivity index (χ0) is 19.2. The maximum absolute atomic E-state index is 4.76. The smallest absolute Gasteiger partial charge is 0.0967 e. The summed E-state index contributed by atoms with van der Waals surface area (Å²) in [5.41, 5.74) is 0. The van der Waals surface area contributed by atoms with E-state index in [2.05, 4.69) is 115 Å². The summed E-state index contributed by atoms with van der Waals surface area (Å²) >= 11 is 9.53. The molecule has 0 heterocycles. The summed E-state index contributed by atoms with van der Waals surface area (Å²) in [7, 11) is -0.446. The van der Waals surface area contributed by atoms with E-state index in [-0.39, 0.29) is 21.8 Å². The number of benzene rings is 3. The second kappa shape index (κ2) is 15.6. The van der Waals surface area contributed by atoms with Crippen LogP contribution in [-0.4, -0.2) is 5.34 Å². The summed E-state index contributed by atoms with van der Waals surface area (Å²) in [6.45, 7) is 0. The molecule has 0 fully saturated rings. The van der Waals surface area contributed by atoms with Crippen molar-refractivity contribution in [2.75, 3.05) is 5.34 Å². The molecular weight excluding hydrogens is 449 g/mol. The molecule has 0 aliphatic heterocycles. The molecule has 0 spiro atoms. The van der Waals surface area contributed by atoms with Gasteiger partial charge in [0.2, 0.25) is 0 Å². The first kappa shape index (κ1) is 24.7. The Kier molecular flexibility index (Phi) is 13.7. The number of allylic oxidation sites excluding steroid dienone is 4. The molecule has 1 aliphatic rings. The van der Waals surface area contributed by atoms with Crippen LogP contribution in [0.1, 0.15) is 6.42 Å². The van der Waals surface area contributed by atoms with Crippen molar-refractivity contribution in [3.8, 4) is 0 Å². The molecule has 28 heavy (non-hydrogen) atoms. The van der Waals surface area contributed by atoms with Gasteiger partial charge in [0, 0.05) is 16.5 Å². The molecule has 3 aromatic carbocycles. The zero-order valence-electron chi connectivity index (χ0n) is 15.4. The second-order valence-corrected chi connectivity index (χ2v) is 8.56. The van der Waals surface area contributed by atoms with Crippen molar-refractivity contribution in [1.29, 1.82) is 0 Å². The van der Waals surface area contributed by atoms with Crippen molar-refractivity contribution in [3.05, 3.63) is 115 Å². The largest absolute Gasteiger partial charge is 0.109 e. The van der Waals surface area contributed by atoms with Crippen molar-refractivity contribution in [3.63, 3.8) is 0 Å². The van der Waals surface area contributed by atoms with E-state index >= 15 is 0 Å². The third-order valence-electron chi connectivity index (χ3n) is 3.70. The van der Waals surface area contributed by atoms with E-state index in [1.165, 1.54) is 15.9 Å². The third kappa shape index (κ3) is 8.77. The zero-order valence-corrected chi connectivity index (χ0v) is 18.8. The first-order valence-electron chi connectivity index (χ1n) is 8.75. The van der Waals surface area contributed by atoms with Gasteiger partial charge in [-0.15, -0.1) is 23.2 Å². The van der Waals surface area contributed by atoms with Crippen molar-refractivity contribution >= 4 is 47.0 Å². The fourth-order valence-corrected chi connectivity index (χ4v) is 4.88. The maximum atomic E-state index is 4.76. The minimum Gasteiger partial charge on any atom is -0.109 e. The summed E-state index contributed by atoms with van der Waals surface area (Å²) in [6, 6.07) is 32.3. The van der Waals surface area contributed by atoms with Crippen molar-refractivity contribution in [2.24, 2.45) is 0 Å². The normalized spacial score (nSPS) is 11.0. The Balaban J connectivity index is 0.000000368. The Labute approximate surface area is 190 Å². The van der Waals surface area contributed by atoms with E-state index in [1.807, 2.05) is 0 Å². The molecule has 148 valence electrons. The fourth-order valence-electron chi connectivity index (χ4n) is 2.57. The van der Waals surface area contributed by atoms with Gasteiger partial charge < -0.3 is 0 Å². The molecule has 0 radical (unpaired) electrons. The minimum atomic E-state index is -0.446. The van der Waals surface area contributed by atoms with E-state index in [0.29, 0.717) is 0 Å². The molecule has 4 rings (SSSR count). The molecule has 0 saturated carbocycles. The fraction of sp³-hybridized carbons (Fsp3) is 0.0833. The SMILES string of the molecule is C1=CCC=C1.ClCCl.[Ni].c1ccc(P(c2ccccc2)c2ccccc2)cc1. The Morgan fingerprint density at radius 1 is 0.571 bits per heavy atom. The molecule has 0 bridgehead atoms. The van der Waals surface area contributed by atoms with Gasteiger partial charge in [0.05, 0.1) is 5.34 Å². The average molecular weight is 472 g/mol. The summed E-state index contributed by atoms with van der Waals surface area (Å²) in [4.78, 5) is 0. The van der Waals surface area contributed by atoms with Gasteiger partial charge >= 0.3 is 0 Å². The number of hydrogen-bond donors (Lipinski definition) is 0. The van der Waals surface area contributed by atoms with E-state index in [9.17, 15) is 0 Å². The molecule has 0 aromatic heterocycles. The average Bonchev–Trinajstić information content (AvgIpc) is 3.32. The van der Waals surface area contributed by atoms with Gasteiger partial charge in [-0.1, -0.05) is 115 Å². The van der Waals surface area contributed by atoms with Crippen LogP contribution >= 0.6 is 31.1 Å². The summed E-state index contributed by atoms with van der Waals surface area (Å²) in [5, 5.41) is 4.39. The second-order valence-electron chi connectivity index (χ2n) is 5.54. The number of halogens is 2. The van der Waals surface area contributed by atoms with Gasteiger partial charge in [-0.3, -0.25) is 0 Å². The number of rotatable bonds is 3. The third-order valence-corrected chi connectivity index (χ3v) is 6.14. The van der Waals surface area contributed by atoms with Crippen LogP contribution in [0.15, 0.2) is 115 Å². The van der Waals surface area contributed by atoms with Gasteiger partial charge in [0.15, 0.2) is 0 Å².